The van der Waals surface area contributed by atoms with Crippen LogP contribution in [0.15, 0.2) is 30.3 Å². The van der Waals surface area contributed by atoms with Gasteiger partial charge in [-0.25, -0.2) is 4.79 Å². The summed E-state index contributed by atoms with van der Waals surface area (Å²) in [5.41, 5.74) is 2.78. The van der Waals surface area contributed by atoms with Crippen molar-refractivity contribution >= 4 is 28.2 Å². The number of thiophene rings is 1. The second-order valence-electron chi connectivity index (χ2n) is 8.22. The molecule has 4 nitrogen and oxygen atoms in total. The molecule has 1 amide bonds. The van der Waals surface area contributed by atoms with Gasteiger partial charge in [0.05, 0.1) is 19.1 Å². The topological polar surface area (TPSA) is 55.4 Å². The number of methoxy groups -OCH3 is 1. The van der Waals surface area contributed by atoms with Crippen LogP contribution >= 0.6 is 11.3 Å². The van der Waals surface area contributed by atoms with Gasteiger partial charge in [-0.2, -0.15) is 0 Å². The van der Waals surface area contributed by atoms with E-state index in [1.54, 1.807) is 0 Å². The fraction of sp³-hybridized carbons (Fsp3) is 0.455. The second-order valence-corrected chi connectivity index (χ2v) is 9.32. The number of rotatable bonds is 4. The first kappa shape index (κ1) is 19.6. The van der Waals surface area contributed by atoms with Crippen molar-refractivity contribution in [2.75, 3.05) is 12.4 Å². The first-order chi connectivity index (χ1) is 12.8. The Kier molecular flexibility index (Phi) is 5.70. The number of esters is 1. The summed E-state index contributed by atoms with van der Waals surface area (Å²) in [4.78, 5) is 26.1. The van der Waals surface area contributed by atoms with Crippen molar-refractivity contribution in [2.24, 2.45) is 11.3 Å². The van der Waals surface area contributed by atoms with Crippen molar-refractivity contribution in [2.45, 2.75) is 46.5 Å². The molecular formula is C22H27NO3S. The summed E-state index contributed by atoms with van der Waals surface area (Å²) < 4.78 is 5.01. The summed E-state index contributed by atoms with van der Waals surface area (Å²) in [6.45, 7) is 6.79. The Hall–Kier alpha value is -2.14. The number of carbonyl (C=O) groups is 2. The van der Waals surface area contributed by atoms with E-state index in [2.05, 4.69) is 26.1 Å². The summed E-state index contributed by atoms with van der Waals surface area (Å²) in [6, 6.07) is 9.61. The third-order valence-electron chi connectivity index (χ3n) is 5.34. The van der Waals surface area contributed by atoms with E-state index in [9.17, 15) is 9.59 Å². The highest BCUT2D eigenvalue weighted by Gasteiger charge is 2.34. The first-order valence-corrected chi connectivity index (χ1v) is 10.2. The number of fused-ring (bicyclic) bond motifs is 1. The molecule has 0 spiro atoms. The number of carbonyl (C=O) groups excluding carboxylic acids is 2. The summed E-state index contributed by atoms with van der Waals surface area (Å²) in [5, 5.41) is 3.59. The van der Waals surface area contributed by atoms with Gasteiger partial charge in [0.1, 0.15) is 5.00 Å². The van der Waals surface area contributed by atoms with Gasteiger partial charge >= 0.3 is 5.97 Å². The highest BCUT2D eigenvalue weighted by Crippen LogP contribution is 2.44. The molecule has 27 heavy (non-hydrogen) atoms. The summed E-state index contributed by atoms with van der Waals surface area (Å²) >= 11 is 1.53. The predicted molar refractivity (Wildman–Crippen MR) is 109 cm³/mol. The third-order valence-corrected chi connectivity index (χ3v) is 6.51. The van der Waals surface area contributed by atoms with Gasteiger partial charge in [0, 0.05) is 4.88 Å². The van der Waals surface area contributed by atoms with Crippen LogP contribution in [-0.4, -0.2) is 19.0 Å². The zero-order valence-corrected chi connectivity index (χ0v) is 17.2. The van der Waals surface area contributed by atoms with Crippen LogP contribution in [0.5, 0.6) is 0 Å². The van der Waals surface area contributed by atoms with Crippen LogP contribution in [0.4, 0.5) is 5.00 Å². The van der Waals surface area contributed by atoms with Crippen LogP contribution < -0.4 is 5.32 Å². The monoisotopic (exact) mass is 385 g/mol. The Morgan fingerprint density at radius 3 is 2.56 bits per heavy atom. The average Bonchev–Trinajstić information content (AvgIpc) is 2.97. The van der Waals surface area contributed by atoms with Crippen LogP contribution in [-0.2, 0) is 28.8 Å². The molecule has 2 aromatic rings. The molecule has 0 unspecified atom stereocenters. The van der Waals surface area contributed by atoms with Gasteiger partial charge in [-0.1, -0.05) is 51.1 Å². The standard InChI is InChI=1S/C22H27NO3S/c1-22(2,3)15-10-11-16-17(13-15)27-20(19(16)21(25)26-4)23-18(24)12-14-8-6-5-7-9-14/h5-9,15H,10-13H2,1-4H3,(H,23,24)/t15-/m0/s1. The molecule has 0 saturated carbocycles. The van der Waals surface area contributed by atoms with Gasteiger partial charge in [-0.05, 0) is 41.7 Å². The van der Waals surface area contributed by atoms with Gasteiger partial charge in [0.15, 0.2) is 0 Å². The third kappa shape index (κ3) is 4.41. The molecule has 1 heterocycles. The Labute approximate surface area is 164 Å². The zero-order valence-electron chi connectivity index (χ0n) is 16.4. The molecule has 1 aliphatic carbocycles. The smallest absolute Gasteiger partial charge is 0.341 e. The lowest BCUT2D eigenvalue weighted by molar-refractivity contribution is -0.115. The Morgan fingerprint density at radius 1 is 1.22 bits per heavy atom. The van der Waals surface area contributed by atoms with E-state index in [-0.39, 0.29) is 23.7 Å². The molecule has 0 radical (unpaired) electrons. The number of hydrogen-bond acceptors (Lipinski definition) is 4. The Bertz CT molecular complexity index is 833. The first-order valence-electron chi connectivity index (χ1n) is 9.36. The average molecular weight is 386 g/mol. The fourth-order valence-corrected chi connectivity index (χ4v) is 5.01. The minimum Gasteiger partial charge on any atom is -0.465 e. The normalized spacial score (nSPS) is 16.5. The molecule has 1 N–H and O–H groups in total. The van der Waals surface area contributed by atoms with E-state index < -0.39 is 0 Å². The van der Waals surface area contributed by atoms with Crippen molar-refractivity contribution < 1.29 is 14.3 Å². The van der Waals surface area contributed by atoms with E-state index in [1.165, 1.54) is 23.3 Å². The molecule has 0 fully saturated rings. The lowest BCUT2D eigenvalue weighted by atomic mass is 9.72. The van der Waals surface area contributed by atoms with E-state index in [0.29, 0.717) is 16.5 Å². The van der Waals surface area contributed by atoms with Crippen molar-refractivity contribution in [3.8, 4) is 0 Å². The van der Waals surface area contributed by atoms with Crippen molar-refractivity contribution in [3.63, 3.8) is 0 Å². The van der Waals surface area contributed by atoms with Crippen molar-refractivity contribution in [3.05, 3.63) is 51.9 Å². The molecule has 5 heteroatoms. The minimum atomic E-state index is -0.364. The molecule has 3 rings (SSSR count). The molecule has 1 aromatic carbocycles. The molecule has 1 aromatic heterocycles. The van der Waals surface area contributed by atoms with Gasteiger partial charge in [-0.3, -0.25) is 4.79 Å². The Balaban J connectivity index is 1.85. The van der Waals surface area contributed by atoms with E-state index in [0.717, 1.165) is 30.4 Å². The number of hydrogen-bond donors (Lipinski definition) is 1. The zero-order chi connectivity index (χ0) is 19.6. The van der Waals surface area contributed by atoms with Crippen LogP contribution in [0, 0.1) is 11.3 Å². The van der Waals surface area contributed by atoms with Crippen LogP contribution in [0.25, 0.3) is 0 Å². The number of ether oxygens (including phenoxy) is 1. The molecule has 1 aliphatic rings. The summed E-state index contributed by atoms with van der Waals surface area (Å²) in [5.74, 6) is 0.0936. The summed E-state index contributed by atoms with van der Waals surface area (Å²) in [7, 11) is 1.39. The number of nitrogens with one attached hydrogen (secondary N) is 1. The van der Waals surface area contributed by atoms with Crippen molar-refractivity contribution in [1.82, 2.24) is 0 Å². The number of anilines is 1. The second kappa shape index (κ2) is 7.85. The SMILES string of the molecule is COC(=O)c1c(NC(=O)Cc2ccccc2)sc2c1CC[C@H](C(C)(C)C)C2. The Morgan fingerprint density at radius 2 is 1.93 bits per heavy atom. The predicted octanol–water partition coefficient (Wildman–Crippen LogP) is 4.87. The molecular weight excluding hydrogens is 358 g/mol. The van der Waals surface area contributed by atoms with E-state index >= 15 is 0 Å². The van der Waals surface area contributed by atoms with Crippen LogP contribution in [0.3, 0.4) is 0 Å². The fourth-order valence-electron chi connectivity index (χ4n) is 3.68. The van der Waals surface area contributed by atoms with E-state index in [4.69, 9.17) is 4.74 Å². The maximum absolute atomic E-state index is 12.5. The number of amides is 1. The summed E-state index contributed by atoms with van der Waals surface area (Å²) in [6.07, 6.45) is 3.14. The minimum absolute atomic E-state index is 0.114. The highest BCUT2D eigenvalue weighted by atomic mass is 32.1. The van der Waals surface area contributed by atoms with Crippen LogP contribution in [0.1, 0.15) is 53.6 Å². The van der Waals surface area contributed by atoms with Crippen LogP contribution in [0.2, 0.25) is 0 Å². The van der Waals surface area contributed by atoms with Gasteiger partial charge < -0.3 is 10.1 Å². The van der Waals surface area contributed by atoms with Gasteiger partial charge in [0.25, 0.3) is 0 Å². The van der Waals surface area contributed by atoms with Gasteiger partial charge in [0.2, 0.25) is 5.91 Å². The van der Waals surface area contributed by atoms with Gasteiger partial charge in [-0.15, -0.1) is 11.3 Å². The molecule has 144 valence electrons. The maximum atomic E-state index is 12.5. The lowest BCUT2D eigenvalue weighted by Crippen LogP contribution is -2.26. The molecule has 0 saturated heterocycles. The van der Waals surface area contributed by atoms with E-state index in [1.807, 2.05) is 30.3 Å². The quantitative estimate of drug-likeness (QED) is 0.764. The molecule has 1 atom stereocenters. The highest BCUT2D eigenvalue weighted by molar-refractivity contribution is 7.17. The lowest BCUT2D eigenvalue weighted by Gasteiger charge is -2.33. The molecule has 0 bridgehead atoms. The van der Waals surface area contributed by atoms with Crippen molar-refractivity contribution in [1.29, 1.82) is 0 Å². The number of benzene rings is 1. The largest absolute Gasteiger partial charge is 0.465 e. The maximum Gasteiger partial charge on any atom is 0.341 e. The molecule has 0 aliphatic heterocycles.